The lowest BCUT2D eigenvalue weighted by Crippen LogP contribution is -2.12. The second kappa shape index (κ2) is 6.93. The summed E-state index contributed by atoms with van der Waals surface area (Å²) in [5.41, 5.74) is 1.71. The summed E-state index contributed by atoms with van der Waals surface area (Å²) in [6, 6.07) is 6.52. The van der Waals surface area contributed by atoms with Crippen molar-refractivity contribution in [2.45, 2.75) is 13.3 Å². The Morgan fingerprint density at radius 3 is 2.95 bits per heavy atom. The van der Waals surface area contributed by atoms with E-state index in [0.29, 0.717) is 28.4 Å². The van der Waals surface area contributed by atoms with Crippen LogP contribution in [0.4, 0.5) is 5.69 Å². The Bertz CT molecular complexity index is 713. The SMILES string of the molecule is Cc1cc(C(=O)Nc2cc(Cl)ccc2C#CCCO)on1. The van der Waals surface area contributed by atoms with Gasteiger partial charge in [0, 0.05) is 23.1 Å². The molecular weight excluding hydrogens is 292 g/mol. The summed E-state index contributed by atoms with van der Waals surface area (Å²) >= 11 is 5.94. The molecule has 0 bridgehead atoms. The number of carbonyl (C=O) groups excluding carboxylic acids is 1. The van der Waals surface area contributed by atoms with Crippen LogP contribution in [0.25, 0.3) is 0 Å². The van der Waals surface area contributed by atoms with Crippen LogP contribution in [0.5, 0.6) is 0 Å². The number of hydrogen-bond acceptors (Lipinski definition) is 4. The average Bonchev–Trinajstić information content (AvgIpc) is 2.88. The second-order valence-corrected chi connectivity index (χ2v) is 4.69. The molecule has 2 aromatic rings. The van der Waals surface area contributed by atoms with E-state index in [4.69, 9.17) is 21.2 Å². The summed E-state index contributed by atoms with van der Waals surface area (Å²) in [6.07, 6.45) is 0.358. The Labute approximate surface area is 126 Å². The molecule has 6 heteroatoms. The number of anilines is 1. The maximum absolute atomic E-state index is 12.0. The molecule has 0 aliphatic carbocycles. The number of aliphatic hydroxyl groups is 1. The number of halogens is 1. The van der Waals surface area contributed by atoms with E-state index >= 15 is 0 Å². The third-order valence-corrected chi connectivity index (χ3v) is 2.78. The lowest BCUT2D eigenvalue weighted by Gasteiger charge is -2.06. The molecule has 1 heterocycles. The predicted octanol–water partition coefficient (Wildman–Crippen LogP) is 2.62. The summed E-state index contributed by atoms with van der Waals surface area (Å²) in [5, 5.41) is 15.6. The van der Waals surface area contributed by atoms with Crippen LogP contribution in [0.15, 0.2) is 28.8 Å². The van der Waals surface area contributed by atoms with Crippen LogP contribution in [0.1, 0.15) is 28.2 Å². The molecule has 0 aliphatic rings. The van der Waals surface area contributed by atoms with E-state index in [-0.39, 0.29) is 12.4 Å². The molecule has 1 amide bonds. The summed E-state index contributed by atoms with van der Waals surface area (Å²) in [5.74, 6) is 5.36. The number of nitrogens with zero attached hydrogens (tertiary/aromatic N) is 1. The first-order valence-corrected chi connectivity index (χ1v) is 6.62. The van der Waals surface area contributed by atoms with Gasteiger partial charge in [-0.1, -0.05) is 28.6 Å². The Morgan fingerprint density at radius 2 is 2.29 bits per heavy atom. The van der Waals surface area contributed by atoms with Crippen LogP contribution in [0.3, 0.4) is 0 Å². The van der Waals surface area contributed by atoms with Crippen molar-refractivity contribution in [3.05, 3.63) is 46.3 Å². The fraction of sp³-hybridized carbons (Fsp3) is 0.200. The summed E-state index contributed by atoms with van der Waals surface area (Å²) in [4.78, 5) is 12.0. The number of amides is 1. The molecule has 0 saturated heterocycles. The van der Waals surface area contributed by atoms with Gasteiger partial charge in [0.15, 0.2) is 0 Å². The van der Waals surface area contributed by atoms with Crippen molar-refractivity contribution >= 4 is 23.2 Å². The maximum atomic E-state index is 12.0. The Kier molecular flexibility index (Phi) is 4.99. The Hall–Kier alpha value is -2.29. The van der Waals surface area contributed by atoms with Gasteiger partial charge >= 0.3 is 0 Å². The highest BCUT2D eigenvalue weighted by Gasteiger charge is 2.13. The monoisotopic (exact) mass is 304 g/mol. The fourth-order valence-corrected chi connectivity index (χ4v) is 1.77. The Balaban J connectivity index is 2.24. The second-order valence-electron chi connectivity index (χ2n) is 4.25. The number of aryl methyl sites for hydroxylation is 1. The van der Waals surface area contributed by atoms with Crippen LogP contribution < -0.4 is 5.32 Å². The largest absolute Gasteiger partial charge is 0.395 e. The number of nitrogens with one attached hydrogen (secondary N) is 1. The van der Waals surface area contributed by atoms with Crippen molar-refractivity contribution < 1.29 is 14.4 Å². The number of carbonyl (C=O) groups is 1. The van der Waals surface area contributed by atoms with E-state index in [1.54, 1.807) is 25.1 Å². The van der Waals surface area contributed by atoms with Gasteiger partial charge in [-0.05, 0) is 25.1 Å². The number of aliphatic hydroxyl groups excluding tert-OH is 1. The molecule has 2 rings (SSSR count). The quantitative estimate of drug-likeness (QED) is 0.855. The van der Waals surface area contributed by atoms with E-state index < -0.39 is 5.91 Å². The van der Waals surface area contributed by atoms with E-state index in [9.17, 15) is 4.79 Å². The van der Waals surface area contributed by atoms with Gasteiger partial charge in [-0.25, -0.2) is 0 Å². The minimum absolute atomic E-state index is 0.0143. The molecule has 0 spiro atoms. The summed E-state index contributed by atoms with van der Waals surface area (Å²) < 4.78 is 4.90. The van der Waals surface area contributed by atoms with Crippen LogP contribution in [0.2, 0.25) is 5.02 Å². The average molecular weight is 305 g/mol. The van der Waals surface area contributed by atoms with E-state index in [1.165, 1.54) is 6.07 Å². The first-order chi connectivity index (χ1) is 10.1. The van der Waals surface area contributed by atoms with Crippen molar-refractivity contribution in [2.24, 2.45) is 0 Å². The lowest BCUT2D eigenvalue weighted by atomic mass is 10.1. The summed E-state index contributed by atoms with van der Waals surface area (Å²) in [6.45, 7) is 1.71. The minimum atomic E-state index is -0.428. The van der Waals surface area contributed by atoms with Crippen molar-refractivity contribution in [1.29, 1.82) is 0 Å². The van der Waals surface area contributed by atoms with E-state index in [0.717, 1.165) is 0 Å². The van der Waals surface area contributed by atoms with E-state index in [1.807, 2.05) is 0 Å². The zero-order valence-electron chi connectivity index (χ0n) is 11.3. The molecule has 21 heavy (non-hydrogen) atoms. The highest BCUT2D eigenvalue weighted by Crippen LogP contribution is 2.21. The molecule has 108 valence electrons. The van der Waals surface area contributed by atoms with Crippen LogP contribution >= 0.6 is 11.6 Å². The molecule has 0 fully saturated rings. The molecule has 5 nitrogen and oxygen atoms in total. The topological polar surface area (TPSA) is 75.4 Å². The summed E-state index contributed by atoms with van der Waals surface area (Å²) in [7, 11) is 0. The first-order valence-electron chi connectivity index (χ1n) is 6.24. The number of rotatable bonds is 3. The van der Waals surface area contributed by atoms with Gasteiger partial charge in [0.05, 0.1) is 18.0 Å². The lowest BCUT2D eigenvalue weighted by molar-refractivity contribution is 0.0988. The maximum Gasteiger partial charge on any atom is 0.294 e. The smallest absolute Gasteiger partial charge is 0.294 e. The highest BCUT2D eigenvalue weighted by atomic mass is 35.5. The molecule has 1 aromatic carbocycles. The zero-order chi connectivity index (χ0) is 15.2. The third-order valence-electron chi connectivity index (χ3n) is 2.54. The third kappa shape index (κ3) is 4.09. The van der Waals surface area contributed by atoms with Gasteiger partial charge in [0.1, 0.15) is 0 Å². The van der Waals surface area contributed by atoms with Crippen LogP contribution in [-0.2, 0) is 0 Å². The molecule has 0 saturated carbocycles. The molecule has 0 atom stereocenters. The fourth-order valence-electron chi connectivity index (χ4n) is 1.60. The van der Waals surface area contributed by atoms with E-state index in [2.05, 4.69) is 22.3 Å². The van der Waals surface area contributed by atoms with Gasteiger partial charge in [-0.2, -0.15) is 0 Å². The van der Waals surface area contributed by atoms with Crippen molar-refractivity contribution in [3.8, 4) is 11.8 Å². The van der Waals surface area contributed by atoms with Gasteiger partial charge in [0.25, 0.3) is 5.91 Å². The van der Waals surface area contributed by atoms with Gasteiger partial charge < -0.3 is 14.9 Å². The number of benzene rings is 1. The van der Waals surface area contributed by atoms with Crippen molar-refractivity contribution in [2.75, 3.05) is 11.9 Å². The van der Waals surface area contributed by atoms with Crippen molar-refractivity contribution in [3.63, 3.8) is 0 Å². The molecule has 1 aromatic heterocycles. The standard InChI is InChI=1S/C15H13ClN2O3/c1-10-8-14(21-18-10)15(20)17-13-9-12(16)6-5-11(13)4-2-3-7-19/h5-6,8-9,19H,3,7H2,1H3,(H,17,20). The predicted molar refractivity (Wildman–Crippen MR) is 79.2 cm³/mol. The normalized spacial score (nSPS) is 9.86. The van der Waals surface area contributed by atoms with Crippen LogP contribution in [-0.4, -0.2) is 22.8 Å². The molecular formula is C15H13ClN2O3. The zero-order valence-corrected chi connectivity index (χ0v) is 12.1. The molecule has 0 unspecified atom stereocenters. The number of aromatic nitrogens is 1. The highest BCUT2D eigenvalue weighted by molar-refractivity contribution is 6.31. The number of hydrogen-bond donors (Lipinski definition) is 2. The van der Waals surface area contributed by atoms with Gasteiger partial charge in [-0.3, -0.25) is 4.79 Å². The van der Waals surface area contributed by atoms with Gasteiger partial charge in [0.2, 0.25) is 5.76 Å². The molecule has 0 radical (unpaired) electrons. The Morgan fingerprint density at radius 1 is 1.48 bits per heavy atom. The van der Waals surface area contributed by atoms with Crippen molar-refractivity contribution in [1.82, 2.24) is 5.16 Å². The molecule has 0 aliphatic heterocycles. The first kappa shape index (κ1) is 15.1. The van der Waals surface area contributed by atoms with Crippen LogP contribution in [0, 0.1) is 18.8 Å². The minimum Gasteiger partial charge on any atom is -0.395 e. The molecule has 2 N–H and O–H groups in total. The van der Waals surface area contributed by atoms with Gasteiger partial charge in [-0.15, -0.1) is 0 Å².